The highest BCUT2D eigenvalue weighted by molar-refractivity contribution is 7.93. The number of ketones is 1. The second-order valence-electron chi connectivity index (χ2n) is 6.71. The molecule has 0 unspecified atom stereocenters. The molecule has 10 heteroatoms. The zero-order valence-electron chi connectivity index (χ0n) is 16.2. The summed E-state index contributed by atoms with van der Waals surface area (Å²) in [4.78, 5) is 25.3. The average molecular weight is 440 g/mol. The number of rotatable bonds is 5. The maximum absolute atomic E-state index is 13.2. The van der Waals surface area contributed by atoms with Crippen LogP contribution in [0.4, 0.5) is 5.69 Å². The lowest BCUT2D eigenvalue weighted by atomic mass is 10.0. The molecule has 2 heterocycles. The van der Waals surface area contributed by atoms with Crippen LogP contribution in [0.3, 0.4) is 0 Å². The average Bonchev–Trinajstić information content (AvgIpc) is 3.02. The molecule has 1 aromatic heterocycles. The maximum atomic E-state index is 13.2. The van der Waals surface area contributed by atoms with Gasteiger partial charge in [-0.25, -0.2) is 13.7 Å². The standard InChI is InChI=1S/C19H22ClN3O5S/c1-3-28-19(26)13-8-7-12(17(24)14-11-21-23(2)18(14)25)15(20)16(13)22-29(27)9-5-4-6-10-29/h7-8,11,25H,3-6,9-10H2,1-2H3. The summed E-state index contributed by atoms with van der Waals surface area (Å²) < 4.78 is 23.7. The second-order valence-corrected chi connectivity index (χ2v) is 9.63. The Morgan fingerprint density at radius 1 is 1.24 bits per heavy atom. The van der Waals surface area contributed by atoms with Crippen molar-refractivity contribution >= 4 is 38.8 Å². The van der Waals surface area contributed by atoms with Gasteiger partial charge < -0.3 is 9.84 Å². The van der Waals surface area contributed by atoms with E-state index in [-0.39, 0.29) is 39.9 Å². The third kappa shape index (κ3) is 4.30. The summed E-state index contributed by atoms with van der Waals surface area (Å²) in [7, 11) is -1.10. The number of aromatic nitrogens is 2. The highest BCUT2D eigenvalue weighted by Gasteiger charge is 2.26. The van der Waals surface area contributed by atoms with Crippen molar-refractivity contribution in [3.05, 3.63) is 40.0 Å². The largest absolute Gasteiger partial charge is 0.493 e. The molecule has 2 aromatic rings. The van der Waals surface area contributed by atoms with E-state index in [2.05, 4.69) is 9.46 Å². The fraction of sp³-hybridized carbons (Fsp3) is 0.421. The Balaban J connectivity index is 2.17. The summed E-state index contributed by atoms with van der Waals surface area (Å²) >= 11 is 6.49. The van der Waals surface area contributed by atoms with Crippen molar-refractivity contribution < 1.29 is 23.6 Å². The number of ether oxygens (including phenoxy) is 1. The molecule has 0 radical (unpaired) electrons. The van der Waals surface area contributed by atoms with Gasteiger partial charge in [0.1, 0.15) is 11.3 Å². The molecule has 1 fully saturated rings. The van der Waals surface area contributed by atoms with Crippen LogP contribution in [-0.4, -0.2) is 49.0 Å². The van der Waals surface area contributed by atoms with Crippen LogP contribution in [0.25, 0.3) is 0 Å². The van der Waals surface area contributed by atoms with E-state index in [1.54, 1.807) is 6.92 Å². The van der Waals surface area contributed by atoms with Crippen LogP contribution < -0.4 is 0 Å². The number of carbonyl (C=O) groups is 2. The molecule has 1 saturated heterocycles. The predicted molar refractivity (Wildman–Crippen MR) is 110 cm³/mol. The van der Waals surface area contributed by atoms with Gasteiger partial charge in [0.15, 0.2) is 0 Å². The van der Waals surface area contributed by atoms with Crippen LogP contribution in [0.2, 0.25) is 5.02 Å². The number of hydrogen-bond acceptors (Lipinski definition) is 7. The monoisotopic (exact) mass is 439 g/mol. The summed E-state index contributed by atoms with van der Waals surface area (Å²) in [5.74, 6) is -0.723. The molecule has 8 nitrogen and oxygen atoms in total. The molecule has 0 atom stereocenters. The molecule has 29 heavy (non-hydrogen) atoms. The number of carbonyl (C=O) groups excluding carboxylic acids is 2. The maximum Gasteiger partial charge on any atom is 0.340 e. The Bertz CT molecular complexity index is 1070. The van der Waals surface area contributed by atoms with Gasteiger partial charge in [0.2, 0.25) is 11.7 Å². The van der Waals surface area contributed by atoms with E-state index in [0.717, 1.165) is 23.9 Å². The van der Waals surface area contributed by atoms with Crippen LogP contribution >= 0.6 is 11.6 Å². The van der Waals surface area contributed by atoms with Gasteiger partial charge in [-0.2, -0.15) is 9.46 Å². The van der Waals surface area contributed by atoms with Gasteiger partial charge in [-0.05, 0) is 31.9 Å². The van der Waals surface area contributed by atoms with Gasteiger partial charge in [-0.15, -0.1) is 0 Å². The molecule has 1 aromatic carbocycles. The van der Waals surface area contributed by atoms with Gasteiger partial charge in [0.25, 0.3) is 0 Å². The number of benzene rings is 1. The Hall–Kier alpha value is -2.39. The minimum Gasteiger partial charge on any atom is -0.493 e. The molecular formula is C19H22ClN3O5S. The van der Waals surface area contributed by atoms with Gasteiger partial charge in [0, 0.05) is 24.1 Å². The predicted octanol–water partition coefficient (Wildman–Crippen LogP) is 3.47. The Morgan fingerprint density at radius 2 is 1.90 bits per heavy atom. The van der Waals surface area contributed by atoms with Crippen LogP contribution in [0.1, 0.15) is 52.5 Å². The van der Waals surface area contributed by atoms with Crippen molar-refractivity contribution in [1.82, 2.24) is 9.78 Å². The lowest BCUT2D eigenvalue weighted by Gasteiger charge is -2.17. The fourth-order valence-corrected chi connectivity index (χ4v) is 5.69. The molecule has 0 spiro atoms. The molecule has 0 aliphatic carbocycles. The number of aryl methyl sites for hydroxylation is 1. The molecule has 1 aliphatic rings. The van der Waals surface area contributed by atoms with Crippen molar-refractivity contribution in [3.8, 4) is 5.88 Å². The van der Waals surface area contributed by atoms with Crippen LogP contribution in [0.15, 0.2) is 22.7 Å². The van der Waals surface area contributed by atoms with Crippen molar-refractivity contribution in [1.29, 1.82) is 0 Å². The van der Waals surface area contributed by atoms with Gasteiger partial charge in [-0.1, -0.05) is 18.0 Å². The van der Waals surface area contributed by atoms with Gasteiger partial charge in [-0.3, -0.25) is 4.79 Å². The first-order valence-corrected chi connectivity index (χ1v) is 11.5. The van der Waals surface area contributed by atoms with E-state index >= 15 is 0 Å². The Morgan fingerprint density at radius 3 is 2.48 bits per heavy atom. The first kappa shape index (κ1) is 21.3. The smallest absolute Gasteiger partial charge is 0.340 e. The Labute approximate surface area is 174 Å². The van der Waals surface area contributed by atoms with Gasteiger partial charge in [0.05, 0.1) is 33.1 Å². The number of hydrogen-bond donors (Lipinski definition) is 1. The number of aromatic hydroxyl groups is 1. The molecule has 1 aliphatic heterocycles. The normalized spacial score (nSPS) is 15.7. The molecule has 156 valence electrons. The van der Waals surface area contributed by atoms with Crippen LogP contribution in [-0.2, 0) is 21.5 Å². The first-order valence-electron chi connectivity index (χ1n) is 9.25. The lowest BCUT2D eigenvalue weighted by molar-refractivity contribution is 0.0527. The summed E-state index contributed by atoms with van der Waals surface area (Å²) in [6.45, 7) is 1.82. The molecular weight excluding hydrogens is 418 g/mol. The van der Waals surface area contributed by atoms with Gasteiger partial charge >= 0.3 is 5.97 Å². The number of esters is 1. The zero-order chi connectivity index (χ0) is 21.2. The quantitative estimate of drug-likeness (QED) is 0.564. The molecule has 1 N–H and O–H groups in total. The van der Waals surface area contributed by atoms with E-state index in [1.165, 1.54) is 25.4 Å². The van der Waals surface area contributed by atoms with Crippen molar-refractivity contribution in [3.63, 3.8) is 0 Å². The zero-order valence-corrected chi connectivity index (χ0v) is 17.8. The van der Waals surface area contributed by atoms with E-state index in [9.17, 15) is 18.9 Å². The molecule has 3 rings (SSSR count). The van der Waals surface area contributed by atoms with Crippen LogP contribution in [0, 0.1) is 0 Å². The summed E-state index contributed by atoms with van der Waals surface area (Å²) in [5.41, 5.74) is 0.0370. The minimum absolute atomic E-state index is 0.00810. The molecule has 0 saturated carbocycles. The first-order chi connectivity index (χ1) is 13.8. The molecule has 0 amide bonds. The summed E-state index contributed by atoms with van der Waals surface area (Å²) in [5, 5.41) is 13.8. The van der Waals surface area contributed by atoms with Crippen LogP contribution in [0.5, 0.6) is 5.88 Å². The number of nitrogens with zero attached hydrogens (tertiary/aromatic N) is 3. The SMILES string of the molecule is CCOC(=O)c1ccc(C(=O)c2cnn(C)c2O)c(Cl)c1N=S1(=O)CCCCC1. The summed E-state index contributed by atoms with van der Waals surface area (Å²) in [6.07, 6.45) is 3.75. The highest BCUT2D eigenvalue weighted by Crippen LogP contribution is 2.37. The van der Waals surface area contributed by atoms with E-state index < -0.39 is 21.5 Å². The van der Waals surface area contributed by atoms with E-state index in [4.69, 9.17) is 16.3 Å². The van der Waals surface area contributed by atoms with Crippen molar-refractivity contribution in [2.75, 3.05) is 18.1 Å². The van der Waals surface area contributed by atoms with Crippen molar-refractivity contribution in [2.45, 2.75) is 26.2 Å². The third-order valence-electron chi connectivity index (χ3n) is 4.69. The molecule has 0 bridgehead atoms. The highest BCUT2D eigenvalue weighted by atomic mass is 35.5. The lowest BCUT2D eigenvalue weighted by Crippen LogP contribution is -2.16. The third-order valence-corrected chi connectivity index (χ3v) is 7.44. The van der Waals surface area contributed by atoms with Crippen molar-refractivity contribution in [2.24, 2.45) is 11.4 Å². The topological polar surface area (TPSA) is 111 Å². The van der Waals surface area contributed by atoms with E-state index in [1.807, 2.05) is 0 Å². The van der Waals surface area contributed by atoms with E-state index in [0.29, 0.717) is 11.5 Å². The fourth-order valence-electron chi connectivity index (χ4n) is 3.13. The minimum atomic E-state index is -2.59. The summed E-state index contributed by atoms with van der Waals surface area (Å²) in [6, 6.07) is 2.76. The number of halogens is 1. The second kappa shape index (κ2) is 8.54. The Kier molecular flexibility index (Phi) is 6.28.